The van der Waals surface area contributed by atoms with E-state index in [0.29, 0.717) is 33.6 Å². The van der Waals surface area contributed by atoms with E-state index >= 15 is 0 Å². The summed E-state index contributed by atoms with van der Waals surface area (Å²) >= 11 is 1.34. The van der Waals surface area contributed by atoms with Crippen molar-refractivity contribution in [1.82, 2.24) is 4.98 Å². The van der Waals surface area contributed by atoms with Crippen molar-refractivity contribution in [1.29, 1.82) is 0 Å². The summed E-state index contributed by atoms with van der Waals surface area (Å²) in [7, 11) is 0. The van der Waals surface area contributed by atoms with Crippen LogP contribution in [0.15, 0.2) is 58.3 Å². The SMILES string of the molecule is O=C(Nc1nc(-c2cc3ccccc3o2)cs1)c1ccc2c(c1)OCO2. The molecule has 0 radical (unpaired) electrons. The molecule has 3 heterocycles. The molecule has 2 aromatic heterocycles. The molecule has 7 heteroatoms. The normalized spacial score (nSPS) is 12.5. The van der Waals surface area contributed by atoms with Crippen LogP contribution in [0, 0.1) is 0 Å². The molecular weight excluding hydrogens is 352 g/mol. The van der Waals surface area contributed by atoms with Crippen LogP contribution in [-0.4, -0.2) is 17.7 Å². The zero-order chi connectivity index (χ0) is 17.5. The van der Waals surface area contributed by atoms with Gasteiger partial charge in [-0.1, -0.05) is 18.2 Å². The van der Waals surface area contributed by atoms with Gasteiger partial charge in [0.2, 0.25) is 6.79 Å². The largest absolute Gasteiger partial charge is 0.454 e. The average molecular weight is 364 g/mol. The minimum atomic E-state index is -0.256. The Bertz CT molecular complexity index is 1100. The van der Waals surface area contributed by atoms with E-state index in [4.69, 9.17) is 13.9 Å². The molecule has 128 valence electrons. The summed E-state index contributed by atoms with van der Waals surface area (Å²) in [6.45, 7) is 0.174. The van der Waals surface area contributed by atoms with Gasteiger partial charge in [0.15, 0.2) is 22.4 Å². The second-order valence-corrected chi connectivity index (χ2v) is 6.57. The molecule has 0 saturated carbocycles. The van der Waals surface area contributed by atoms with E-state index < -0.39 is 0 Å². The molecule has 5 rings (SSSR count). The predicted molar refractivity (Wildman–Crippen MR) is 97.8 cm³/mol. The number of thiazole rings is 1. The van der Waals surface area contributed by atoms with Crippen LogP contribution in [0.25, 0.3) is 22.4 Å². The van der Waals surface area contributed by atoms with Gasteiger partial charge in [-0.25, -0.2) is 4.98 Å². The van der Waals surface area contributed by atoms with Gasteiger partial charge in [0.05, 0.1) is 0 Å². The summed E-state index contributed by atoms with van der Waals surface area (Å²) < 4.78 is 16.4. The number of amides is 1. The maximum absolute atomic E-state index is 12.4. The van der Waals surface area contributed by atoms with Gasteiger partial charge in [-0.15, -0.1) is 11.3 Å². The van der Waals surface area contributed by atoms with Gasteiger partial charge in [-0.2, -0.15) is 0 Å². The number of carbonyl (C=O) groups excluding carboxylic acids is 1. The number of benzene rings is 2. The maximum atomic E-state index is 12.4. The van der Waals surface area contributed by atoms with E-state index in [1.165, 1.54) is 11.3 Å². The van der Waals surface area contributed by atoms with Crippen LogP contribution < -0.4 is 14.8 Å². The molecule has 0 aliphatic carbocycles. The van der Waals surface area contributed by atoms with Crippen molar-refractivity contribution < 1.29 is 18.7 Å². The minimum Gasteiger partial charge on any atom is -0.454 e. The fourth-order valence-electron chi connectivity index (χ4n) is 2.76. The van der Waals surface area contributed by atoms with E-state index in [2.05, 4.69) is 10.3 Å². The van der Waals surface area contributed by atoms with E-state index in [1.54, 1.807) is 18.2 Å². The zero-order valence-corrected chi connectivity index (χ0v) is 14.2. The van der Waals surface area contributed by atoms with E-state index in [1.807, 2.05) is 35.7 Å². The summed E-state index contributed by atoms with van der Waals surface area (Å²) in [6, 6.07) is 14.8. The number of rotatable bonds is 3. The topological polar surface area (TPSA) is 73.6 Å². The molecule has 0 unspecified atom stereocenters. The number of furan rings is 1. The van der Waals surface area contributed by atoms with E-state index in [0.717, 1.165) is 11.0 Å². The summed E-state index contributed by atoms with van der Waals surface area (Å²) in [5.41, 5.74) is 1.98. The highest BCUT2D eigenvalue weighted by Crippen LogP contribution is 2.33. The molecule has 1 aliphatic heterocycles. The van der Waals surface area contributed by atoms with Gasteiger partial charge >= 0.3 is 0 Å². The molecule has 1 N–H and O–H groups in total. The Hall–Kier alpha value is -3.32. The molecule has 0 atom stereocenters. The van der Waals surface area contributed by atoms with Crippen LogP contribution >= 0.6 is 11.3 Å². The fourth-order valence-corrected chi connectivity index (χ4v) is 3.45. The fraction of sp³-hybridized carbons (Fsp3) is 0.0526. The first-order valence-corrected chi connectivity index (χ1v) is 8.80. The molecule has 0 saturated heterocycles. The highest BCUT2D eigenvalue weighted by atomic mass is 32.1. The van der Waals surface area contributed by atoms with Crippen LogP contribution in [0.1, 0.15) is 10.4 Å². The third-order valence-electron chi connectivity index (χ3n) is 4.04. The second-order valence-electron chi connectivity index (χ2n) is 5.71. The van der Waals surface area contributed by atoms with Crippen molar-refractivity contribution in [3.63, 3.8) is 0 Å². The summed E-state index contributed by atoms with van der Waals surface area (Å²) in [5.74, 6) is 1.63. The van der Waals surface area contributed by atoms with Crippen molar-refractivity contribution in [2.24, 2.45) is 0 Å². The van der Waals surface area contributed by atoms with Gasteiger partial charge in [-0.3, -0.25) is 10.1 Å². The number of carbonyl (C=O) groups is 1. The number of para-hydroxylation sites is 1. The number of nitrogens with one attached hydrogen (secondary N) is 1. The number of ether oxygens (including phenoxy) is 2. The van der Waals surface area contributed by atoms with Crippen LogP contribution in [0.5, 0.6) is 11.5 Å². The number of fused-ring (bicyclic) bond motifs is 2. The van der Waals surface area contributed by atoms with Crippen LogP contribution in [0.2, 0.25) is 0 Å². The number of nitrogens with zero attached hydrogens (tertiary/aromatic N) is 1. The van der Waals surface area contributed by atoms with Gasteiger partial charge in [0.25, 0.3) is 5.91 Å². The van der Waals surface area contributed by atoms with Crippen LogP contribution in [0.4, 0.5) is 5.13 Å². The lowest BCUT2D eigenvalue weighted by Gasteiger charge is -2.03. The Kier molecular flexibility index (Phi) is 3.39. The molecule has 1 aliphatic rings. The molecule has 1 amide bonds. The first-order chi connectivity index (χ1) is 12.8. The molecule has 4 aromatic rings. The highest BCUT2D eigenvalue weighted by Gasteiger charge is 2.17. The lowest BCUT2D eigenvalue weighted by atomic mass is 10.2. The first kappa shape index (κ1) is 15.0. The average Bonchev–Trinajstić information content (AvgIpc) is 3.39. The molecule has 0 fully saturated rings. The third kappa shape index (κ3) is 2.58. The maximum Gasteiger partial charge on any atom is 0.257 e. The number of hydrogen-bond acceptors (Lipinski definition) is 6. The Balaban J connectivity index is 1.37. The van der Waals surface area contributed by atoms with Gasteiger partial charge in [0, 0.05) is 16.3 Å². The smallest absolute Gasteiger partial charge is 0.257 e. The number of hydrogen-bond donors (Lipinski definition) is 1. The molecule has 0 spiro atoms. The molecule has 0 bridgehead atoms. The Morgan fingerprint density at radius 1 is 1.08 bits per heavy atom. The van der Waals surface area contributed by atoms with Crippen LogP contribution in [-0.2, 0) is 0 Å². The van der Waals surface area contributed by atoms with E-state index in [9.17, 15) is 4.79 Å². The molecule has 6 nitrogen and oxygen atoms in total. The molecule has 26 heavy (non-hydrogen) atoms. The van der Waals surface area contributed by atoms with Gasteiger partial charge < -0.3 is 13.9 Å². The van der Waals surface area contributed by atoms with Crippen LogP contribution in [0.3, 0.4) is 0 Å². The highest BCUT2D eigenvalue weighted by molar-refractivity contribution is 7.14. The van der Waals surface area contributed by atoms with E-state index in [-0.39, 0.29) is 12.7 Å². The first-order valence-electron chi connectivity index (χ1n) is 7.92. The lowest BCUT2D eigenvalue weighted by Crippen LogP contribution is -2.11. The van der Waals surface area contributed by atoms with Gasteiger partial charge in [-0.05, 0) is 30.3 Å². The standard InChI is InChI=1S/C19H12N2O4S/c22-18(12-5-6-15-17(8-12)24-10-23-15)21-19-20-13(9-26-19)16-7-11-3-1-2-4-14(11)25-16/h1-9H,10H2,(H,20,21,22). The lowest BCUT2D eigenvalue weighted by molar-refractivity contribution is 0.102. The quantitative estimate of drug-likeness (QED) is 0.578. The Labute approximate surface area is 152 Å². The van der Waals surface area contributed by atoms with Crippen molar-refractivity contribution in [2.75, 3.05) is 12.1 Å². The monoisotopic (exact) mass is 364 g/mol. The van der Waals surface area contributed by atoms with Crippen molar-refractivity contribution >= 4 is 33.3 Å². The van der Waals surface area contributed by atoms with Crippen molar-refractivity contribution in [3.05, 3.63) is 59.5 Å². The Morgan fingerprint density at radius 2 is 1.96 bits per heavy atom. The molecular formula is C19H12N2O4S. The third-order valence-corrected chi connectivity index (χ3v) is 4.80. The second kappa shape index (κ2) is 5.89. The summed E-state index contributed by atoms with van der Waals surface area (Å²) in [5, 5.41) is 6.18. The zero-order valence-electron chi connectivity index (χ0n) is 13.4. The minimum absolute atomic E-state index is 0.174. The summed E-state index contributed by atoms with van der Waals surface area (Å²) in [6.07, 6.45) is 0. The number of anilines is 1. The Morgan fingerprint density at radius 3 is 2.88 bits per heavy atom. The summed E-state index contributed by atoms with van der Waals surface area (Å²) in [4.78, 5) is 16.9. The van der Waals surface area contributed by atoms with Crippen molar-refractivity contribution in [2.45, 2.75) is 0 Å². The predicted octanol–water partition coefficient (Wildman–Crippen LogP) is 4.54. The molecule has 2 aromatic carbocycles. The van der Waals surface area contributed by atoms with Gasteiger partial charge in [0.1, 0.15) is 11.3 Å². The van der Waals surface area contributed by atoms with Crippen molar-refractivity contribution in [3.8, 4) is 23.0 Å². The number of aromatic nitrogens is 1.